The lowest BCUT2D eigenvalue weighted by molar-refractivity contribution is -0.130. The normalized spacial score (nSPS) is 18.2. The fourth-order valence-corrected chi connectivity index (χ4v) is 3.43. The van der Waals surface area contributed by atoms with Crippen LogP contribution in [0.25, 0.3) is 11.4 Å². The van der Waals surface area contributed by atoms with Crippen LogP contribution in [0.1, 0.15) is 45.3 Å². The van der Waals surface area contributed by atoms with Gasteiger partial charge in [0.15, 0.2) is 0 Å². The maximum Gasteiger partial charge on any atom is 0.219 e. The molecule has 1 amide bonds. The van der Waals surface area contributed by atoms with E-state index in [1.807, 2.05) is 21.8 Å². The lowest BCUT2D eigenvalue weighted by Gasteiger charge is -2.32. The van der Waals surface area contributed by atoms with Gasteiger partial charge < -0.3 is 4.90 Å². The van der Waals surface area contributed by atoms with Gasteiger partial charge in [0.25, 0.3) is 0 Å². The summed E-state index contributed by atoms with van der Waals surface area (Å²) >= 11 is 0. The minimum Gasteiger partial charge on any atom is -0.343 e. The van der Waals surface area contributed by atoms with Crippen molar-refractivity contribution in [3.63, 3.8) is 0 Å². The van der Waals surface area contributed by atoms with Gasteiger partial charge in [-0.1, -0.05) is 0 Å². The molecular formula is C18H25N5O. The molecule has 6 nitrogen and oxygen atoms in total. The molecule has 3 rings (SSSR count). The largest absolute Gasteiger partial charge is 0.343 e. The quantitative estimate of drug-likeness (QED) is 0.866. The van der Waals surface area contributed by atoms with E-state index in [1.54, 1.807) is 19.3 Å². The van der Waals surface area contributed by atoms with E-state index in [0.717, 1.165) is 49.4 Å². The maximum atomic E-state index is 11.7. The molecule has 1 fully saturated rings. The predicted molar refractivity (Wildman–Crippen MR) is 92.3 cm³/mol. The molecule has 0 unspecified atom stereocenters. The molecule has 0 saturated carbocycles. The van der Waals surface area contributed by atoms with E-state index < -0.39 is 0 Å². The van der Waals surface area contributed by atoms with Crippen molar-refractivity contribution >= 4 is 5.91 Å². The Morgan fingerprint density at radius 1 is 1.29 bits per heavy atom. The summed E-state index contributed by atoms with van der Waals surface area (Å²) in [4.78, 5) is 22.8. The standard InChI is InChI=1S/C18H25N5O/c1-13(2)23-17(6-7-21-23)18-16(19-8-9-20-18)11-15-5-4-10-22(12-15)14(3)24/h6-9,13,15H,4-5,10-12H2,1-3H3/t15-/m1/s1. The Kier molecular flexibility index (Phi) is 4.92. The highest BCUT2D eigenvalue weighted by molar-refractivity contribution is 5.73. The summed E-state index contributed by atoms with van der Waals surface area (Å²) in [6, 6.07) is 2.27. The molecule has 1 aliphatic heterocycles. The molecule has 3 heterocycles. The molecule has 0 aliphatic carbocycles. The summed E-state index contributed by atoms with van der Waals surface area (Å²) < 4.78 is 1.98. The topological polar surface area (TPSA) is 63.9 Å². The molecule has 2 aromatic heterocycles. The second-order valence-corrected chi connectivity index (χ2v) is 6.78. The molecular weight excluding hydrogens is 302 g/mol. The van der Waals surface area contributed by atoms with Crippen molar-refractivity contribution in [1.82, 2.24) is 24.6 Å². The highest BCUT2D eigenvalue weighted by Crippen LogP contribution is 2.27. The zero-order valence-electron chi connectivity index (χ0n) is 14.6. The summed E-state index contributed by atoms with van der Waals surface area (Å²) in [5.41, 5.74) is 2.91. The molecule has 0 spiro atoms. The van der Waals surface area contributed by atoms with Crippen molar-refractivity contribution in [2.45, 2.75) is 46.1 Å². The van der Waals surface area contributed by atoms with Gasteiger partial charge in [-0.15, -0.1) is 0 Å². The zero-order valence-corrected chi connectivity index (χ0v) is 14.6. The van der Waals surface area contributed by atoms with Crippen molar-refractivity contribution in [1.29, 1.82) is 0 Å². The highest BCUT2D eigenvalue weighted by Gasteiger charge is 2.24. The Balaban J connectivity index is 1.85. The van der Waals surface area contributed by atoms with E-state index in [0.29, 0.717) is 5.92 Å². The van der Waals surface area contributed by atoms with Crippen molar-refractivity contribution in [2.75, 3.05) is 13.1 Å². The number of hydrogen-bond acceptors (Lipinski definition) is 4. The fraction of sp³-hybridized carbons (Fsp3) is 0.556. The van der Waals surface area contributed by atoms with Crippen molar-refractivity contribution in [3.05, 3.63) is 30.4 Å². The summed E-state index contributed by atoms with van der Waals surface area (Å²) in [6.07, 6.45) is 8.33. The van der Waals surface area contributed by atoms with Crippen LogP contribution >= 0.6 is 0 Å². The Hall–Kier alpha value is -2.24. The third kappa shape index (κ3) is 3.47. The van der Waals surface area contributed by atoms with E-state index in [-0.39, 0.29) is 11.9 Å². The van der Waals surface area contributed by atoms with Crippen molar-refractivity contribution < 1.29 is 4.79 Å². The Labute approximate surface area is 142 Å². The van der Waals surface area contributed by atoms with Crippen LogP contribution in [0, 0.1) is 5.92 Å². The van der Waals surface area contributed by atoms with Crippen LogP contribution < -0.4 is 0 Å². The van der Waals surface area contributed by atoms with E-state index in [2.05, 4.69) is 28.9 Å². The Bertz CT molecular complexity index is 709. The average molecular weight is 327 g/mol. The SMILES string of the molecule is CC(=O)N1CCC[C@H](Cc2nccnc2-c2ccnn2C(C)C)C1. The van der Waals surface area contributed by atoms with Crippen LogP contribution in [0.3, 0.4) is 0 Å². The van der Waals surface area contributed by atoms with E-state index in [4.69, 9.17) is 0 Å². The molecule has 1 saturated heterocycles. The number of likely N-dealkylation sites (tertiary alicyclic amines) is 1. The van der Waals surface area contributed by atoms with Gasteiger partial charge in [0.1, 0.15) is 5.69 Å². The monoisotopic (exact) mass is 327 g/mol. The number of carbonyl (C=O) groups is 1. The number of amides is 1. The van der Waals surface area contributed by atoms with Gasteiger partial charge in [0.05, 0.1) is 11.4 Å². The summed E-state index contributed by atoms with van der Waals surface area (Å²) in [7, 11) is 0. The molecule has 6 heteroatoms. The second-order valence-electron chi connectivity index (χ2n) is 6.78. The first-order chi connectivity index (χ1) is 11.6. The number of piperidine rings is 1. The Morgan fingerprint density at radius 2 is 2.08 bits per heavy atom. The molecule has 0 N–H and O–H groups in total. The fourth-order valence-electron chi connectivity index (χ4n) is 3.43. The number of nitrogens with zero attached hydrogens (tertiary/aromatic N) is 5. The van der Waals surface area contributed by atoms with Crippen LogP contribution in [0.5, 0.6) is 0 Å². The molecule has 128 valence electrons. The minimum atomic E-state index is 0.164. The maximum absolute atomic E-state index is 11.7. The number of hydrogen-bond donors (Lipinski definition) is 0. The van der Waals surface area contributed by atoms with Crippen LogP contribution in [-0.2, 0) is 11.2 Å². The first kappa shape index (κ1) is 16.6. The van der Waals surface area contributed by atoms with Crippen molar-refractivity contribution in [3.8, 4) is 11.4 Å². The van der Waals surface area contributed by atoms with Crippen LogP contribution in [0.2, 0.25) is 0 Å². The smallest absolute Gasteiger partial charge is 0.219 e. The van der Waals surface area contributed by atoms with Gasteiger partial charge in [-0.3, -0.25) is 19.4 Å². The van der Waals surface area contributed by atoms with E-state index in [9.17, 15) is 4.79 Å². The van der Waals surface area contributed by atoms with E-state index in [1.165, 1.54) is 0 Å². The van der Waals surface area contributed by atoms with Crippen LogP contribution in [-0.4, -0.2) is 43.6 Å². The van der Waals surface area contributed by atoms with Gasteiger partial charge in [0, 0.05) is 44.6 Å². The van der Waals surface area contributed by atoms with Crippen LogP contribution in [0.4, 0.5) is 0 Å². The minimum absolute atomic E-state index is 0.164. The predicted octanol–water partition coefficient (Wildman–Crippen LogP) is 2.72. The summed E-state index contributed by atoms with van der Waals surface area (Å²) in [5.74, 6) is 0.602. The van der Waals surface area contributed by atoms with Gasteiger partial charge in [-0.25, -0.2) is 0 Å². The molecule has 0 radical (unpaired) electrons. The van der Waals surface area contributed by atoms with E-state index >= 15 is 0 Å². The van der Waals surface area contributed by atoms with Gasteiger partial charge >= 0.3 is 0 Å². The second kappa shape index (κ2) is 7.11. The summed E-state index contributed by atoms with van der Waals surface area (Å²) in [5, 5.41) is 4.41. The Morgan fingerprint density at radius 3 is 2.83 bits per heavy atom. The third-order valence-electron chi connectivity index (χ3n) is 4.62. The number of aromatic nitrogens is 4. The van der Waals surface area contributed by atoms with Gasteiger partial charge in [-0.2, -0.15) is 5.10 Å². The first-order valence-corrected chi connectivity index (χ1v) is 8.65. The van der Waals surface area contributed by atoms with Crippen LogP contribution in [0.15, 0.2) is 24.7 Å². The molecule has 2 aromatic rings. The molecule has 0 aromatic carbocycles. The average Bonchev–Trinajstić information content (AvgIpc) is 3.05. The lowest BCUT2D eigenvalue weighted by atomic mass is 9.92. The number of carbonyl (C=O) groups excluding carboxylic acids is 1. The van der Waals surface area contributed by atoms with Gasteiger partial charge in [-0.05, 0) is 45.1 Å². The third-order valence-corrected chi connectivity index (χ3v) is 4.62. The molecule has 0 bridgehead atoms. The zero-order chi connectivity index (χ0) is 17.1. The highest BCUT2D eigenvalue weighted by atomic mass is 16.2. The van der Waals surface area contributed by atoms with Crippen molar-refractivity contribution in [2.24, 2.45) is 5.92 Å². The number of rotatable bonds is 4. The van der Waals surface area contributed by atoms with Gasteiger partial charge in [0.2, 0.25) is 5.91 Å². The molecule has 1 aliphatic rings. The lowest BCUT2D eigenvalue weighted by Crippen LogP contribution is -2.39. The molecule has 24 heavy (non-hydrogen) atoms. The molecule has 1 atom stereocenters. The first-order valence-electron chi connectivity index (χ1n) is 8.65. The summed E-state index contributed by atoms with van der Waals surface area (Å²) in [6.45, 7) is 7.56.